The fraction of sp³-hybridized carbons (Fsp3) is 0.0667. The minimum Gasteiger partial charge on any atom is -0.338 e. The van der Waals surface area contributed by atoms with E-state index < -0.39 is 0 Å². The summed E-state index contributed by atoms with van der Waals surface area (Å²) in [6.45, 7) is 1.98. The van der Waals surface area contributed by atoms with Gasteiger partial charge in [-0.25, -0.2) is 4.98 Å². The van der Waals surface area contributed by atoms with E-state index in [9.17, 15) is 0 Å². The van der Waals surface area contributed by atoms with Crippen molar-refractivity contribution in [1.82, 2.24) is 9.97 Å². The van der Waals surface area contributed by atoms with Crippen LogP contribution in [0.2, 0.25) is 5.02 Å². The summed E-state index contributed by atoms with van der Waals surface area (Å²) in [6.07, 6.45) is 1.61. The normalized spacial score (nSPS) is 10.8. The highest BCUT2D eigenvalue weighted by atomic mass is 79.9. The van der Waals surface area contributed by atoms with E-state index in [1.165, 1.54) is 0 Å². The van der Waals surface area contributed by atoms with Crippen LogP contribution in [0, 0.1) is 6.92 Å². The number of hydrogen-bond acceptors (Lipinski definition) is 3. The molecule has 3 rings (SSSR count). The lowest BCUT2D eigenvalue weighted by molar-refractivity contribution is 1.25. The number of halogens is 2. The molecule has 5 heteroatoms. The minimum atomic E-state index is 0.592. The van der Waals surface area contributed by atoms with E-state index >= 15 is 0 Å². The lowest BCUT2D eigenvalue weighted by Gasteiger charge is -2.10. The second-order valence-electron chi connectivity index (χ2n) is 4.44. The lowest BCUT2D eigenvalue weighted by atomic mass is 10.1. The number of nitrogens with zero attached hydrogens (tertiary/aromatic N) is 2. The Bertz CT molecular complexity index is 789. The van der Waals surface area contributed by atoms with Crippen LogP contribution in [0.3, 0.4) is 0 Å². The highest BCUT2D eigenvalue weighted by Crippen LogP contribution is 2.29. The molecule has 0 atom stereocenters. The Morgan fingerprint density at radius 1 is 1.20 bits per heavy atom. The summed E-state index contributed by atoms with van der Waals surface area (Å²) in [6, 6.07) is 11.9. The standard InChI is InChI=1S/C15H11BrClN3/c1-9-5-6-10-3-2-4-13(14(10)19-9)20-15-12(16)7-11(17)8-18-15/h2-8H,1H3,(H,18,20). The van der Waals surface area contributed by atoms with Crippen LogP contribution in [0.5, 0.6) is 0 Å². The number of benzene rings is 1. The van der Waals surface area contributed by atoms with Crippen molar-refractivity contribution in [3.8, 4) is 0 Å². The van der Waals surface area contributed by atoms with E-state index in [-0.39, 0.29) is 0 Å². The maximum Gasteiger partial charge on any atom is 0.144 e. The summed E-state index contributed by atoms with van der Waals surface area (Å²) in [4.78, 5) is 8.87. The number of aryl methyl sites for hydroxylation is 1. The van der Waals surface area contributed by atoms with Gasteiger partial charge in [0.25, 0.3) is 0 Å². The summed E-state index contributed by atoms with van der Waals surface area (Å²) in [5, 5.41) is 4.97. The number of fused-ring (bicyclic) bond motifs is 1. The zero-order valence-electron chi connectivity index (χ0n) is 10.7. The molecule has 0 aliphatic rings. The summed E-state index contributed by atoms with van der Waals surface area (Å²) >= 11 is 9.36. The van der Waals surface area contributed by atoms with Gasteiger partial charge in [-0.1, -0.05) is 29.8 Å². The quantitative estimate of drug-likeness (QED) is 0.700. The first-order chi connectivity index (χ1) is 9.63. The predicted molar refractivity (Wildman–Crippen MR) is 86.7 cm³/mol. The zero-order valence-corrected chi connectivity index (χ0v) is 13.0. The Kier molecular flexibility index (Phi) is 3.59. The number of pyridine rings is 2. The van der Waals surface area contributed by atoms with Gasteiger partial charge in [0.2, 0.25) is 0 Å². The fourth-order valence-corrected chi connectivity index (χ4v) is 2.72. The van der Waals surface area contributed by atoms with E-state index in [4.69, 9.17) is 11.6 Å². The van der Waals surface area contributed by atoms with Crippen LogP contribution < -0.4 is 5.32 Å². The van der Waals surface area contributed by atoms with Crippen molar-refractivity contribution >= 4 is 49.9 Å². The molecule has 3 aromatic rings. The summed E-state index contributed by atoms with van der Waals surface area (Å²) in [5.74, 6) is 0.713. The van der Waals surface area contributed by atoms with Gasteiger partial charge in [0.1, 0.15) is 5.82 Å². The van der Waals surface area contributed by atoms with Crippen molar-refractivity contribution in [2.75, 3.05) is 5.32 Å². The van der Waals surface area contributed by atoms with E-state index in [1.54, 1.807) is 12.3 Å². The van der Waals surface area contributed by atoms with E-state index in [0.717, 1.165) is 26.8 Å². The Morgan fingerprint density at radius 2 is 2.05 bits per heavy atom. The minimum absolute atomic E-state index is 0.592. The molecule has 0 aliphatic heterocycles. The van der Waals surface area contributed by atoms with Gasteiger partial charge >= 0.3 is 0 Å². The molecule has 1 N–H and O–H groups in total. The van der Waals surface area contributed by atoms with Crippen LogP contribution in [0.4, 0.5) is 11.5 Å². The smallest absolute Gasteiger partial charge is 0.144 e. The van der Waals surface area contributed by atoms with Crippen molar-refractivity contribution in [2.24, 2.45) is 0 Å². The third-order valence-electron chi connectivity index (χ3n) is 2.92. The highest BCUT2D eigenvalue weighted by Gasteiger charge is 2.07. The molecule has 100 valence electrons. The third kappa shape index (κ3) is 2.62. The van der Waals surface area contributed by atoms with Crippen molar-refractivity contribution in [3.63, 3.8) is 0 Å². The average molecular weight is 349 g/mol. The van der Waals surface area contributed by atoms with Gasteiger partial charge in [0.05, 0.1) is 20.7 Å². The number of aromatic nitrogens is 2. The maximum atomic E-state index is 5.90. The largest absolute Gasteiger partial charge is 0.338 e. The highest BCUT2D eigenvalue weighted by molar-refractivity contribution is 9.10. The molecule has 0 radical (unpaired) electrons. The summed E-state index contributed by atoms with van der Waals surface area (Å²) < 4.78 is 0.814. The fourth-order valence-electron chi connectivity index (χ4n) is 1.98. The monoisotopic (exact) mass is 347 g/mol. The summed E-state index contributed by atoms with van der Waals surface area (Å²) in [7, 11) is 0. The molecule has 1 aromatic carbocycles. The predicted octanol–water partition coefficient (Wildman–Crippen LogP) is 5.10. The Morgan fingerprint density at radius 3 is 2.85 bits per heavy atom. The molecular weight excluding hydrogens is 338 g/mol. The molecule has 0 fully saturated rings. The number of nitrogens with one attached hydrogen (secondary N) is 1. The van der Waals surface area contributed by atoms with Crippen LogP contribution in [0.1, 0.15) is 5.69 Å². The van der Waals surface area contributed by atoms with Gasteiger partial charge < -0.3 is 5.32 Å². The molecule has 3 nitrogen and oxygen atoms in total. The maximum absolute atomic E-state index is 5.90. The molecule has 0 bridgehead atoms. The molecule has 0 saturated carbocycles. The Balaban J connectivity index is 2.08. The topological polar surface area (TPSA) is 37.8 Å². The molecule has 0 unspecified atom stereocenters. The van der Waals surface area contributed by atoms with Gasteiger partial charge in [-0.3, -0.25) is 4.98 Å². The van der Waals surface area contributed by atoms with Gasteiger partial charge in [0.15, 0.2) is 0 Å². The van der Waals surface area contributed by atoms with Crippen LogP contribution in [-0.4, -0.2) is 9.97 Å². The number of hydrogen-bond donors (Lipinski definition) is 1. The second-order valence-corrected chi connectivity index (χ2v) is 5.73. The first-order valence-corrected chi connectivity index (χ1v) is 7.25. The first kappa shape index (κ1) is 13.3. The molecule has 2 aromatic heterocycles. The van der Waals surface area contributed by atoms with Crippen LogP contribution in [0.25, 0.3) is 10.9 Å². The number of rotatable bonds is 2. The Hall–Kier alpha value is -1.65. The van der Waals surface area contributed by atoms with Crippen LogP contribution >= 0.6 is 27.5 Å². The Labute approximate surface area is 130 Å². The van der Waals surface area contributed by atoms with Gasteiger partial charge in [-0.2, -0.15) is 0 Å². The number of para-hydroxylation sites is 1. The third-order valence-corrected chi connectivity index (χ3v) is 3.73. The molecule has 0 aliphatic carbocycles. The van der Waals surface area contributed by atoms with Gasteiger partial charge in [-0.15, -0.1) is 0 Å². The lowest BCUT2D eigenvalue weighted by Crippen LogP contribution is -1.97. The van der Waals surface area contributed by atoms with Gasteiger partial charge in [0, 0.05) is 17.3 Å². The molecule has 2 heterocycles. The van der Waals surface area contributed by atoms with Crippen molar-refractivity contribution in [1.29, 1.82) is 0 Å². The van der Waals surface area contributed by atoms with Crippen molar-refractivity contribution in [3.05, 3.63) is 57.8 Å². The average Bonchev–Trinajstić information content (AvgIpc) is 2.42. The summed E-state index contributed by atoms with van der Waals surface area (Å²) in [5.41, 5.74) is 2.83. The molecule has 0 amide bonds. The molecular formula is C15H11BrClN3. The van der Waals surface area contributed by atoms with Crippen molar-refractivity contribution < 1.29 is 0 Å². The van der Waals surface area contributed by atoms with Gasteiger partial charge in [-0.05, 0) is 41.1 Å². The van der Waals surface area contributed by atoms with Crippen molar-refractivity contribution in [2.45, 2.75) is 6.92 Å². The molecule has 20 heavy (non-hydrogen) atoms. The second kappa shape index (κ2) is 5.38. The van der Waals surface area contributed by atoms with Crippen LogP contribution in [0.15, 0.2) is 47.1 Å². The van der Waals surface area contributed by atoms with E-state index in [2.05, 4.69) is 37.3 Å². The number of anilines is 2. The van der Waals surface area contributed by atoms with Crippen LogP contribution in [-0.2, 0) is 0 Å². The van der Waals surface area contributed by atoms with E-state index in [0.29, 0.717) is 10.8 Å². The first-order valence-electron chi connectivity index (χ1n) is 6.08. The SMILES string of the molecule is Cc1ccc2cccc(Nc3ncc(Cl)cc3Br)c2n1. The molecule has 0 spiro atoms. The molecule has 0 saturated heterocycles. The van der Waals surface area contributed by atoms with E-state index in [1.807, 2.05) is 31.2 Å². The zero-order chi connectivity index (χ0) is 14.1.